The van der Waals surface area contributed by atoms with Crippen molar-refractivity contribution in [1.29, 1.82) is 0 Å². The third-order valence-corrected chi connectivity index (χ3v) is 3.62. The van der Waals surface area contributed by atoms with Crippen molar-refractivity contribution in [2.45, 2.75) is 45.6 Å². The minimum absolute atomic E-state index is 0.151. The Labute approximate surface area is 125 Å². The number of benzene rings is 1. The van der Waals surface area contributed by atoms with Gasteiger partial charge in [-0.05, 0) is 24.8 Å². The first kappa shape index (κ1) is 15.3. The first-order valence-corrected chi connectivity index (χ1v) is 7.58. The number of unbranched alkanes of at least 4 members (excludes halogenated alkanes) is 2. The average molecular weight is 285 g/mol. The second-order valence-corrected chi connectivity index (χ2v) is 5.48. The van der Waals surface area contributed by atoms with Crippen molar-refractivity contribution in [3.05, 3.63) is 36.0 Å². The minimum atomic E-state index is -0.156. The zero-order valence-corrected chi connectivity index (χ0v) is 12.7. The lowest BCUT2D eigenvalue weighted by atomic mass is 10.1. The van der Waals surface area contributed by atoms with E-state index in [4.69, 9.17) is 5.73 Å². The molecule has 4 heteroatoms. The second kappa shape index (κ2) is 7.07. The maximum Gasteiger partial charge on any atom is 0.270 e. The maximum atomic E-state index is 12.3. The summed E-state index contributed by atoms with van der Waals surface area (Å²) >= 11 is 0. The van der Waals surface area contributed by atoms with Crippen LogP contribution in [0.2, 0.25) is 0 Å². The third kappa shape index (κ3) is 3.94. The largest absolute Gasteiger partial charge is 0.383 e. The smallest absolute Gasteiger partial charge is 0.270 e. The van der Waals surface area contributed by atoms with Gasteiger partial charge in [-0.25, -0.2) is 4.98 Å². The van der Waals surface area contributed by atoms with E-state index in [2.05, 4.69) is 17.2 Å². The number of nitrogens with two attached hydrogens (primary N) is 1. The Hall–Kier alpha value is -2.10. The van der Waals surface area contributed by atoms with Crippen LogP contribution in [0.4, 0.5) is 5.82 Å². The normalized spacial score (nSPS) is 12.3. The number of anilines is 1. The summed E-state index contributed by atoms with van der Waals surface area (Å²) in [6.07, 6.45) is 4.50. The van der Waals surface area contributed by atoms with Gasteiger partial charge in [0.1, 0.15) is 11.5 Å². The van der Waals surface area contributed by atoms with Gasteiger partial charge in [0.15, 0.2) is 0 Å². The van der Waals surface area contributed by atoms with E-state index in [0.29, 0.717) is 11.5 Å². The van der Waals surface area contributed by atoms with E-state index in [9.17, 15) is 4.79 Å². The van der Waals surface area contributed by atoms with Crippen molar-refractivity contribution in [3.8, 4) is 0 Å². The molecule has 3 N–H and O–H groups in total. The van der Waals surface area contributed by atoms with Gasteiger partial charge in [0.05, 0.1) is 0 Å². The minimum Gasteiger partial charge on any atom is -0.383 e. The van der Waals surface area contributed by atoms with Gasteiger partial charge in [-0.2, -0.15) is 0 Å². The van der Waals surface area contributed by atoms with E-state index >= 15 is 0 Å². The molecule has 21 heavy (non-hydrogen) atoms. The molecule has 0 bridgehead atoms. The Morgan fingerprint density at radius 3 is 2.86 bits per heavy atom. The summed E-state index contributed by atoms with van der Waals surface area (Å²) in [7, 11) is 0. The molecule has 0 aliphatic rings. The van der Waals surface area contributed by atoms with Gasteiger partial charge in [-0.1, -0.05) is 50.5 Å². The molecule has 0 saturated heterocycles. The number of fused-ring (bicyclic) bond motifs is 1. The van der Waals surface area contributed by atoms with Gasteiger partial charge in [0, 0.05) is 11.4 Å². The molecule has 4 nitrogen and oxygen atoms in total. The fraction of sp³-hybridized carbons (Fsp3) is 0.412. The molecule has 1 aromatic heterocycles. The van der Waals surface area contributed by atoms with Gasteiger partial charge < -0.3 is 11.1 Å². The maximum absolute atomic E-state index is 12.3. The molecule has 112 valence electrons. The standard InChI is InChI=1S/C17H23N3O/c1-3-4-5-8-12(2)19-17(21)15-11-13-9-6-7-10-14(13)16(18)20-15/h6-7,9-12H,3-5,8H2,1-2H3,(H2,18,20)(H,19,21). The molecule has 0 aliphatic heterocycles. The Morgan fingerprint density at radius 2 is 2.10 bits per heavy atom. The summed E-state index contributed by atoms with van der Waals surface area (Å²) in [4.78, 5) is 16.5. The van der Waals surface area contributed by atoms with Crippen LogP contribution in [-0.4, -0.2) is 16.9 Å². The summed E-state index contributed by atoms with van der Waals surface area (Å²) in [6.45, 7) is 4.20. The molecule has 0 saturated carbocycles. The van der Waals surface area contributed by atoms with Crippen molar-refractivity contribution in [2.75, 3.05) is 5.73 Å². The van der Waals surface area contributed by atoms with Gasteiger partial charge in [-0.15, -0.1) is 0 Å². The fourth-order valence-electron chi connectivity index (χ4n) is 2.41. The van der Waals surface area contributed by atoms with Crippen LogP contribution in [0.15, 0.2) is 30.3 Å². The number of nitrogens with one attached hydrogen (secondary N) is 1. The summed E-state index contributed by atoms with van der Waals surface area (Å²) in [5.41, 5.74) is 6.32. The lowest BCUT2D eigenvalue weighted by Crippen LogP contribution is -2.33. The molecule has 1 atom stereocenters. The van der Waals surface area contributed by atoms with E-state index in [1.807, 2.05) is 31.2 Å². The van der Waals surface area contributed by atoms with Crippen molar-refractivity contribution in [1.82, 2.24) is 10.3 Å². The van der Waals surface area contributed by atoms with Gasteiger partial charge >= 0.3 is 0 Å². The highest BCUT2D eigenvalue weighted by Gasteiger charge is 2.13. The number of rotatable bonds is 6. The number of carbonyl (C=O) groups excluding carboxylic acids is 1. The molecule has 1 unspecified atom stereocenters. The highest BCUT2D eigenvalue weighted by molar-refractivity contribution is 5.99. The number of nitrogen functional groups attached to an aromatic ring is 1. The predicted octanol–water partition coefficient (Wildman–Crippen LogP) is 3.52. The van der Waals surface area contributed by atoms with Crippen molar-refractivity contribution in [3.63, 3.8) is 0 Å². The fourth-order valence-corrected chi connectivity index (χ4v) is 2.41. The number of pyridine rings is 1. The zero-order chi connectivity index (χ0) is 15.2. The number of nitrogens with zero attached hydrogens (tertiary/aromatic N) is 1. The van der Waals surface area contributed by atoms with Crippen molar-refractivity contribution >= 4 is 22.5 Å². The van der Waals surface area contributed by atoms with Crippen LogP contribution in [0, 0.1) is 0 Å². The van der Waals surface area contributed by atoms with E-state index in [1.165, 1.54) is 12.8 Å². The van der Waals surface area contributed by atoms with Gasteiger partial charge in [0.2, 0.25) is 0 Å². The lowest BCUT2D eigenvalue weighted by Gasteiger charge is -2.14. The Bertz CT molecular complexity index is 624. The highest BCUT2D eigenvalue weighted by Crippen LogP contribution is 2.20. The molecule has 1 heterocycles. The molecular weight excluding hydrogens is 262 g/mol. The Balaban J connectivity index is 2.09. The molecule has 2 aromatic rings. The van der Waals surface area contributed by atoms with Crippen LogP contribution < -0.4 is 11.1 Å². The molecule has 0 aliphatic carbocycles. The van der Waals surface area contributed by atoms with Gasteiger partial charge in [-0.3, -0.25) is 4.79 Å². The topological polar surface area (TPSA) is 68.0 Å². The summed E-state index contributed by atoms with van der Waals surface area (Å²) in [5, 5.41) is 4.81. The van der Waals surface area contributed by atoms with E-state index < -0.39 is 0 Å². The average Bonchev–Trinajstić information content (AvgIpc) is 2.47. The van der Waals surface area contributed by atoms with Crippen LogP contribution in [-0.2, 0) is 0 Å². The zero-order valence-electron chi connectivity index (χ0n) is 12.7. The van der Waals surface area contributed by atoms with Crippen LogP contribution in [0.5, 0.6) is 0 Å². The van der Waals surface area contributed by atoms with Crippen LogP contribution >= 0.6 is 0 Å². The van der Waals surface area contributed by atoms with Crippen LogP contribution in [0.1, 0.15) is 50.0 Å². The molecule has 0 radical (unpaired) electrons. The Kier molecular flexibility index (Phi) is 5.14. The van der Waals surface area contributed by atoms with E-state index in [-0.39, 0.29) is 11.9 Å². The molecule has 1 amide bonds. The van der Waals surface area contributed by atoms with Crippen LogP contribution in [0.25, 0.3) is 10.8 Å². The van der Waals surface area contributed by atoms with Crippen molar-refractivity contribution < 1.29 is 4.79 Å². The second-order valence-electron chi connectivity index (χ2n) is 5.48. The molecule has 0 fully saturated rings. The lowest BCUT2D eigenvalue weighted by molar-refractivity contribution is 0.0933. The number of amides is 1. The first-order valence-electron chi connectivity index (χ1n) is 7.58. The van der Waals surface area contributed by atoms with Crippen molar-refractivity contribution in [2.24, 2.45) is 0 Å². The highest BCUT2D eigenvalue weighted by atomic mass is 16.1. The van der Waals surface area contributed by atoms with E-state index in [0.717, 1.165) is 23.6 Å². The summed E-state index contributed by atoms with van der Waals surface area (Å²) in [5.74, 6) is 0.244. The van der Waals surface area contributed by atoms with Gasteiger partial charge in [0.25, 0.3) is 5.91 Å². The molecule has 1 aromatic carbocycles. The quantitative estimate of drug-likeness (QED) is 0.798. The Morgan fingerprint density at radius 1 is 1.33 bits per heavy atom. The third-order valence-electron chi connectivity index (χ3n) is 3.62. The number of hydrogen-bond donors (Lipinski definition) is 2. The molecular formula is C17H23N3O. The molecule has 2 rings (SSSR count). The number of aromatic nitrogens is 1. The van der Waals surface area contributed by atoms with E-state index in [1.54, 1.807) is 6.07 Å². The number of carbonyl (C=O) groups is 1. The predicted molar refractivity (Wildman–Crippen MR) is 87.2 cm³/mol. The SMILES string of the molecule is CCCCCC(C)NC(=O)c1cc2ccccc2c(N)n1. The summed E-state index contributed by atoms with van der Waals surface area (Å²) < 4.78 is 0. The molecule has 0 spiro atoms. The summed E-state index contributed by atoms with van der Waals surface area (Å²) in [6, 6.07) is 9.63. The van der Waals surface area contributed by atoms with Crippen LogP contribution in [0.3, 0.4) is 0 Å². The monoisotopic (exact) mass is 285 g/mol. The number of hydrogen-bond acceptors (Lipinski definition) is 3. The first-order chi connectivity index (χ1) is 10.1.